The molecule has 1 amide bonds. The molecule has 6 heteroatoms. The Bertz CT molecular complexity index is 770. The molecule has 0 atom stereocenters. The summed E-state index contributed by atoms with van der Waals surface area (Å²) in [6.45, 7) is 0. The Balaban J connectivity index is 1.90. The molecule has 0 aliphatic carbocycles. The summed E-state index contributed by atoms with van der Waals surface area (Å²) in [5, 5.41) is 5.83. The molecule has 0 unspecified atom stereocenters. The van der Waals surface area contributed by atoms with Crippen molar-refractivity contribution in [2.24, 2.45) is 5.73 Å². The number of carbonyl (C=O) groups is 1. The van der Waals surface area contributed by atoms with Crippen LogP contribution in [0.5, 0.6) is 0 Å². The van der Waals surface area contributed by atoms with Gasteiger partial charge in [-0.3, -0.25) is 9.78 Å². The lowest BCUT2D eigenvalue weighted by Gasteiger charge is -2.03. The first kappa shape index (κ1) is 13.3. The zero-order valence-corrected chi connectivity index (χ0v) is 11.8. The molecular weight excluding hydrogens is 284 g/mol. The fourth-order valence-corrected chi connectivity index (χ4v) is 2.67. The first-order valence-corrected chi connectivity index (χ1v) is 7.14. The number of primary amides is 1. The van der Waals surface area contributed by atoms with Crippen LogP contribution in [0.3, 0.4) is 0 Å². The average molecular weight is 296 g/mol. The molecule has 21 heavy (non-hydrogen) atoms. The van der Waals surface area contributed by atoms with Gasteiger partial charge >= 0.3 is 0 Å². The average Bonchev–Trinajstić information content (AvgIpc) is 2.96. The molecule has 0 saturated carbocycles. The molecule has 104 valence electrons. The number of hydrogen-bond donors (Lipinski definition) is 2. The Kier molecular flexibility index (Phi) is 3.61. The van der Waals surface area contributed by atoms with Crippen molar-refractivity contribution in [2.75, 3.05) is 5.32 Å². The van der Waals surface area contributed by atoms with Gasteiger partial charge in [0.05, 0.1) is 5.69 Å². The molecule has 2 heterocycles. The van der Waals surface area contributed by atoms with Crippen molar-refractivity contribution in [3.63, 3.8) is 0 Å². The van der Waals surface area contributed by atoms with Gasteiger partial charge in [-0.2, -0.15) is 0 Å². The van der Waals surface area contributed by atoms with E-state index in [2.05, 4.69) is 15.3 Å². The second kappa shape index (κ2) is 5.72. The van der Waals surface area contributed by atoms with Crippen LogP contribution in [-0.2, 0) is 0 Å². The largest absolute Gasteiger partial charge is 0.366 e. The minimum atomic E-state index is -0.456. The first-order valence-electron chi connectivity index (χ1n) is 6.26. The summed E-state index contributed by atoms with van der Waals surface area (Å²) in [5.74, 6) is -0.456. The quantitative estimate of drug-likeness (QED) is 0.775. The van der Waals surface area contributed by atoms with E-state index in [1.165, 1.54) is 11.3 Å². The van der Waals surface area contributed by atoms with Gasteiger partial charge in [0.15, 0.2) is 5.13 Å². The number of nitrogens with two attached hydrogens (primary N) is 1. The molecule has 3 rings (SSSR count). The van der Waals surface area contributed by atoms with Gasteiger partial charge in [0.1, 0.15) is 0 Å². The third-order valence-electron chi connectivity index (χ3n) is 2.90. The Morgan fingerprint density at radius 1 is 1.14 bits per heavy atom. The van der Waals surface area contributed by atoms with Crippen molar-refractivity contribution in [1.29, 1.82) is 0 Å². The van der Waals surface area contributed by atoms with Gasteiger partial charge in [0.25, 0.3) is 0 Å². The Morgan fingerprint density at radius 2 is 1.90 bits per heavy atom. The van der Waals surface area contributed by atoms with Crippen molar-refractivity contribution in [2.45, 2.75) is 0 Å². The number of anilines is 2. The fourth-order valence-electron chi connectivity index (χ4n) is 1.93. The monoisotopic (exact) mass is 296 g/mol. The number of amides is 1. The van der Waals surface area contributed by atoms with Crippen LogP contribution in [-0.4, -0.2) is 15.9 Å². The van der Waals surface area contributed by atoms with Crippen LogP contribution in [0.2, 0.25) is 0 Å². The number of benzene rings is 1. The summed E-state index contributed by atoms with van der Waals surface area (Å²) >= 11 is 1.46. The van der Waals surface area contributed by atoms with Crippen LogP contribution in [0.4, 0.5) is 10.8 Å². The van der Waals surface area contributed by atoms with E-state index in [0.717, 1.165) is 22.1 Å². The normalized spacial score (nSPS) is 10.3. The summed E-state index contributed by atoms with van der Waals surface area (Å²) in [4.78, 5) is 19.9. The minimum absolute atomic E-state index is 0.456. The molecule has 0 fully saturated rings. The van der Waals surface area contributed by atoms with Gasteiger partial charge in [-0.15, -0.1) is 11.3 Å². The molecule has 3 N–H and O–H groups in total. The maximum atomic E-state index is 11.5. The lowest BCUT2D eigenvalue weighted by atomic mass is 10.1. The molecule has 3 aromatic rings. The zero-order chi connectivity index (χ0) is 14.7. The molecule has 1 aromatic carbocycles. The second-order valence-corrected chi connectivity index (χ2v) is 5.17. The predicted molar refractivity (Wildman–Crippen MR) is 83.6 cm³/mol. The predicted octanol–water partition coefficient (Wildman–Crippen LogP) is 3.05. The SMILES string of the molecule is NC(=O)c1ccccc1-c1csc(Nc2ccncc2)n1. The summed E-state index contributed by atoms with van der Waals surface area (Å²) in [6, 6.07) is 10.9. The zero-order valence-electron chi connectivity index (χ0n) is 11.0. The molecular formula is C15H12N4OS. The number of rotatable bonds is 4. The molecule has 2 aromatic heterocycles. The summed E-state index contributed by atoms with van der Waals surface area (Å²) in [7, 11) is 0. The van der Waals surface area contributed by atoms with Gasteiger partial charge < -0.3 is 11.1 Å². The molecule has 0 aliphatic rings. The Labute approximate surface area is 125 Å². The van der Waals surface area contributed by atoms with E-state index in [1.807, 2.05) is 29.6 Å². The van der Waals surface area contributed by atoms with Crippen molar-refractivity contribution >= 4 is 28.1 Å². The highest BCUT2D eigenvalue weighted by molar-refractivity contribution is 7.14. The third kappa shape index (κ3) is 2.90. The van der Waals surface area contributed by atoms with E-state index < -0.39 is 5.91 Å². The standard InChI is InChI=1S/C15H12N4OS/c16-14(20)12-4-2-1-3-11(12)13-9-21-15(19-13)18-10-5-7-17-8-6-10/h1-9H,(H2,16,20)(H,17,18,19). The van der Waals surface area contributed by atoms with E-state index >= 15 is 0 Å². The minimum Gasteiger partial charge on any atom is -0.366 e. The van der Waals surface area contributed by atoms with E-state index in [0.29, 0.717) is 5.56 Å². The number of nitrogens with zero attached hydrogens (tertiary/aromatic N) is 2. The first-order chi connectivity index (χ1) is 10.2. The number of pyridine rings is 1. The van der Waals surface area contributed by atoms with E-state index in [9.17, 15) is 4.79 Å². The third-order valence-corrected chi connectivity index (χ3v) is 3.66. The van der Waals surface area contributed by atoms with Crippen LogP contribution >= 0.6 is 11.3 Å². The highest BCUT2D eigenvalue weighted by Gasteiger charge is 2.12. The number of hydrogen-bond acceptors (Lipinski definition) is 5. The smallest absolute Gasteiger partial charge is 0.249 e. The molecule has 0 saturated heterocycles. The van der Waals surface area contributed by atoms with Crippen LogP contribution in [0.15, 0.2) is 54.2 Å². The van der Waals surface area contributed by atoms with Gasteiger partial charge in [-0.1, -0.05) is 18.2 Å². The van der Waals surface area contributed by atoms with Crippen LogP contribution in [0.1, 0.15) is 10.4 Å². The van der Waals surface area contributed by atoms with Crippen molar-refractivity contribution < 1.29 is 4.79 Å². The summed E-state index contributed by atoms with van der Waals surface area (Å²) < 4.78 is 0. The van der Waals surface area contributed by atoms with Crippen molar-refractivity contribution in [3.05, 3.63) is 59.7 Å². The summed E-state index contributed by atoms with van der Waals surface area (Å²) in [5.41, 5.74) is 8.25. The lowest BCUT2D eigenvalue weighted by molar-refractivity contribution is 0.100. The van der Waals surface area contributed by atoms with Crippen LogP contribution in [0, 0.1) is 0 Å². The van der Waals surface area contributed by atoms with Crippen LogP contribution in [0.25, 0.3) is 11.3 Å². The molecule has 5 nitrogen and oxygen atoms in total. The molecule has 0 aliphatic heterocycles. The Morgan fingerprint density at radius 3 is 2.67 bits per heavy atom. The van der Waals surface area contributed by atoms with Crippen LogP contribution < -0.4 is 11.1 Å². The van der Waals surface area contributed by atoms with Crippen molar-refractivity contribution in [3.8, 4) is 11.3 Å². The highest BCUT2D eigenvalue weighted by atomic mass is 32.1. The molecule has 0 spiro atoms. The van der Waals surface area contributed by atoms with E-state index in [4.69, 9.17) is 5.73 Å². The lowest BCUT2D eigenvalue weighted by Crippen LogP contribution is -2.12. The molecule has 0 bridgehead atoms. The number of nitrogens with one attached hydrogen (secondary N) is 1. The number of aromatic nitrogens is 2. The fraction of sp³-hybridized carbons (Fsp3) is 0. The Hall–Kier alpha value is -2.73. The van der Waals surface area contributed by atoms with E-state index in [-0.39, 0.29) is 0 Å². The van der Waals surface area contributed by atoms with Gasteiger partial charge in [-0.25, -0.2) is 4.98 Å². The van der Waals surface area contributed by atoms with Gasteiger partial charge in [0.2, 0.25) is 5.91 Å². The second-order valence-electron chi connectivity index (χ2n) is 4.31. The topological polar surface area (TPSA) is 80.9 Å². The van der Waals surface area contributed by atoms with Gasteiger partial charge in [-0.05, 0) is 18.2 Å². The van der Waals surface area contributed by atoms with Crippen molar-refractivity contribution in [1.82, 2.24) is 9.97 Å². The number of thiazole rings is 1. The van der Waals surface area contributed by atoms with E-state index in [1.54, 1.807) is 24.5 Å². The van der Waals surface area contributed by atoms with Gasteiger partial charge in [0, 0.05) is 34.6 Å². The number of carbonyl (C=O) groups excluding carboxylic acids is 1. The maximum absolute atomic E-state index is 11.5. The highest BCUT2D eigenvalue weighted by Crippen LogP contribution is 2.28. The summed E-state index contributed by atoms with van der Waals surface area (Å²) in [6.07, 6.45) is 3.42. The maximum Gasteiger partial charge on any atom is 0.249 e. The molecule has 0 radical (unpaired) electrons.